The summed E-state index contributed by atoms with van der Waals surface area (Å²) in [7, 11) is -3.35. The van der Waals surface area contributed by atoms with Crippen LogP contribution in [0.4, 0.5) is 0 Å². The highest BCUT2D eigenvalue weighted by molar-refractivity contribution is 7.89. The van der Waals surface area contributed by atoms with Crippen molar-refractivity contribution in [2.24, 2.45) is 0 Å². The average Bonchev–Trinajstić information content (AvgIpc) is 2.21. The third-order valence-corrected chi connectivity index (χ3v) is 4.25. The molecule has 1 rings (SSSR count). The largest absolute Gasteiger partial charge is 0.391 e. The van der Waals surface area contributed by atoms with E-state index in [0.29, 0.717) is 19.3 Å². The zero-order valence-electron chi connectivity index (χ0n) is 9.22. The van der Waals surface area contributed by atoms with Gasteiger partial charge in [-0.25, -0.2) is 13.1 Å². The Bertz CT molecular complexity index is 348. The first kappa shape index (κ1) is 13.4. The Balaban J connectivity index is 2.42. The lowest BCUT2D eigenvalue weighted by Crippen LogP contribution is -2.45. The van der Waals surface area contributed by atoms with Gasteiger partial charge in [-0.1, -0.05) is 12.8 Å². The van der Waals surface area contributed by atoms with Gasteiger partial charge in [0.05, 0.1) is 17.9 Å². The third kappa shape index (κ3) is 4.47. The summed E-state index contributed by atoms with van der Waals surface area (Å²) in [5, 5.41) is 17.9. The first-order chi connectivity index (χ1) is 7.55. The van der Waals surface area contributed by atoms with Crippen molar-refractivity contribution < 1.29 is 13.5 Å². The number of nitrogens with zero attached hydrogens (tertiary/aromatic N) is 1. The highest BCUT2D eigenvalue weighted by Crippen LogP contribution is 2.19. The van der Waals surface area contributed by atoms with Gasteiger partial charge in [-0.05, 0) is 19.3 Å². The van der Waals surface area contributed by atoms with Crippen LogP contribution in [0, 0.1) is 11.3 Å². The molecule has 0 amide bonds. The fourth-order valence-corrected chi connectivity index (χ4v) is 3.26. The Hall–Kier alpha value is -0.640. The molecule has 0 aromatic heterocycles. The molecule has 2 unspecified atom stereocenters. The lowest BCUT2D eigenvalue weighted by atomic mass is 9.93. The van der Waals surface area contributed by atoms with Gasteiger partial charge >= 0.3 is 0 Å². The molecule has 0 saturated heterocycles. The lowest BCUT2D eigenvalue weighted by Gasteiger charge is -2.28. The van der Waals surface area contributed by atoms with E-state index in [1.54, 1.807) is 0 Å². The van der Waals surface area contributed by atoms with Crippen molar-refractivity contribution in [3.8, 4) is 6.07 Å². The minimum absolute atomic E-state index is 0.0379. The molecule has 1 aliphatic rings. The molecule has 0 aromatic rings. The maximum Gasteiger partial charge on any atom is 0.211 e. The monoisotopic (exact) mass is 246 g/mol. The topological polar surface area (TPSA) is 90.2 Å². The van der Waals surface area contributed by atoms with E-state index >= 15 is 0 Å². The molecule has 6 heteroatoms. The molecule has 0 spiro atoms. The van der Waals surface area contributed by atoms with E-state index in [1.807, 2.05) is 6.07 Å². The Kier molecular flexibility index (Phi) is 5.19. The first-order valence-corrected chi connectivity index (χ1v) is 7.25. The molecular weight excluding hydrogens is 228 g/mol. The van der Waals surface area contributed by atoms with Gasteiger partial charge in [-0.15, -0.1) is 0 Å². The van der Waals surface area contributed by atoms with Crippen LogP contribution in [0.25, 0.3) is 0 Å². The predicted molar refractivity (Wildman–Crippen MR) is 60.0 cm³/mol. The summed E-state index contributed by atoms with van der Waals surface area (Å²) in [4.78, 5) is 0. The molecule has 0 aromatic carbocycles. The summed E-state index contributed by atoms with van der Waals surface area (Å²) in [5.74, 6) is -0.0379. The Morgan fingerprint density at radius 3 is 2.69 bits per heavy atom. The van der Waals surface area contributed by atoms with Gasteiger partial charge in [0.15, 0.2) is 0 Å². The number of rotatable bonds is 5. The molecule has 0 radical (unpaired) electrons. The molecule has 5 nitrogen and oxygen atoms in total. The molecular formula is C10H18N2O3S. The Morgan fingerprint density at radius 1 is 1.38 bits per heavy atom. The molecule has 0 aliphatic heterocycles. The molecule has 1 aliphatic carbocycles. The second-order valence-electron chi connectivity index (χ2n) is 4.16. The van der Waals surface area contributed by atoms with Crippen molar-refractivity contribution in [2.45, 2.75) is 50.7 Å². The van der Waals surface area contributed by atoms with E-state index in [0.717, 1.165) is 12.8 Å². The number of sulfonamides is 1. The second kappa shape index (κ2) is 6.18. The van der Waals surface area contributed by atoms with Crippen LogP contribution in [0.1, 0.15) is 38.5 Å². The van der Waals surface area contributed by atoms with Crippen molar-refractivity contribution in [1.29, 1.82) is 5.26 Å². The number of hydrogen-bond acceptors (Lipinski definition) is 4. The molecule has 1 saturated carbocycles. The smallest absolute Gasteiger partial charge is 0.211 e. The minimum atomic E-state index is -3.35. The first-order valence-electron chi connectivity index (χ1n) is 5.60. The summed E-state index contributed by atoms with van der Waals surface area (Å²) in [6.45, 7) is 0. The second-order valence-corrected chi connectivity index (χ2v) is 6.03. The zero-order chi connectivity index (χ0) is 12.0. The lowest BCUT2D eigenvalue weighted by molar-refractivity contribution is 0.101. The van der Waals surface area contributed by atoms with E-state index in [-0.39, 0.29) is 18.2 Å². The third-order valence-electron chi connectivity index (χ3n) is 2.76. The standard InChI is InChI=1S/C10H18N2O3S/c11-7-3-4-8-16(14,15)12-9-5-1-2-6-10(9)13/h9-10,12-13H,1-6,8H2. The van der Waals surface area contributed by atoms with Gasteiger partial charge in [0, 0.05) is 12.5 Å². The van der Waals surface area contributed by atoms with Crippen LogP contribution in [0.5, 0.6) is 0 Å². The summed E-state index contributed by atoms with van der Waals surface area (Å²) >= 11 is 0. The van der Waals surface area contributed by atoms with Gasteiger partial charge in [0.25, 0.3) is 0 Å². The molecule has 0 bridgehead atoms. The van der Waals surface area contributed by atoms with Crippen LogP contribution in [0.3, 0.4) is 0 Å². The average molecular weight is 246 g/mol. The van der Waals surface area contributed by atoms with E-state index in [9.17, 15) is 13.5 Å². The number of nitrogens with one attached hydrogen (secondary N) is 1. The van der Waals surface area contributed by atoms with Crippen molar-refractivity contribution in [2.75, 3.05) is 5.75 Å². The van der Waals surface area contributed by atoms with E-state index < -0.39 is 16.1 Å². The van der Waals surface area contributed by atoms with Crippen molar-refractivity contribution in [1.82, 2.24) is 4.72 Å². The summed E-state index contributed by atoms with van der Waals surface area (Å²) in [6, 6.07) is 1.56. The van der Waals surface area contributed by atoms with E-state index in [4.69, 9.17) is 5.26 Å². The Labute approximate surface area is 96.5 Å². The maximum atomic E-state index is 11.6. The molecule has 0 heterocycles. The van der Waals surface area contributed by atoms with Crippen LogP contribution < -0.4 is 4.72 Å². The number of aliphatic hydroxyl groups is 1. The number of unbranched alkanes of at least 4 members (excludes halogenated alkanes) is 1. The predicted octanol–water partition coefficient (Wildman–Crippen LogP) is 0.513. The van der Waals surface area contributed by atoms with Gasteiger partial charge in [-0.3, -0.25) is 0 Å². The molecule has 2 N–H and O–H groups in total. The van der Waals surface area contributed by atoms with E-state index in [1.165, 1.54) is 0 Å². The molecule has 1 fully saturated rings. The van der Waals surface area contributed by atoms with Gasteiger partial charge < -0.3 is 5.11 Å². The zero-order valence-corrected chi connectivity index (χ0v) is 10.0. The number of hydrogen-bond donors (Lipinski definition) is 2. The maximum absolute atomic E-state index is 11.6. The summed E-state index contributed by atoms with van der Waals surface area (Å²) in [5.41, 5.74) is 0. The normalized spacial score (nSPS) is 26.2. The highest BCUT2D eigenvalue weighted by atomic mass is 32.2. The molecule has 92 valence electrons. The van der Waals surface area contributed by atoms with E-state index in [2.05, 4.69) is 4.72 Å². The van der Waals surface area contributed by atoms with Crippen LogP contribution in [-0.2, 0) is 10.0 Å². The summed E-state index contributed by atoms with van der Waals surface area (Å²) in [6.07, 6.45) is 3.27. The van der Waals surface area contributed by atoms with Crippen LogP contribution in [0.2, 0.25) is 0 Å². The van der Waals surface area contributed by atoms with Gasteiger partial charge in [-0.2, -0.15) is 5.26 Å². The van der Waals surface area contributed by atoms with Crippen LogP contribution >= 0.6 is 0 Å². The van der Waals surface area contributed by atoms with Crippen molar-refractivity contribution in [3.05, 3.63) is 0 Å². The van der Waals surface area contributed by atoms with Crippen LogP contribution in [0.15, 0.2) is 0 Å². The fourth-order valence-electron chi connectivity index (χ4n) is 1.88. The quantitative estimate of drug-likeness (QED) is 0.692. The van der Waals surface area contributed by atoms with Crippen LogP contribution in [-0.4, -0.2) is 31.4 Å². The highest BCUT2D eigenvalue weighted by Gasteiger charge is 2.26. The van der Waals surface area contributed by atoms with Gasteiger partial charge in [0.2, 0.25) is 10.0 Å². The minimum Gasteiger partial charge on any atom is -0.391 e. The summed E-state index contributed by atoms with van der Waals surface area (Å²) < 4.78 is 25.7. The Morgan fingerprint density at radius 2 is 2.06 bits per heavy atom. The number of nitriles is 1. The number of aliphatic hydroxyl groups excluding tert-OH is 1. The molecule has 2 atom stereocenters. The molecule has 16 heavy (non-hydrogen) atoms. The van der Waals surface area contributed by atoms with Crippen molar-refractivity contribution >= 4 is 10.0 Å². The SMILES string of the molecule is N#CCCCS(=O)(=O)NC1CCCCC1O. The van der Waals surface area contributed by atoms with Crippen molar-refractivity contribution in [3.63, 3.8) is 0 Å². The van der Waals surface area contributed by atoms with Gasteiger partial charge in [0.1, 0.15) is 0 Å². The fraction of sp³-hybridized carbons (Fsp3) is 0.900.